The molecule has 2 saturated heterocycles. The molecule has 2 atom stereocenters. The molecule has 2 aliphatic rings. The Morgan fingerprint density at radius 1 is 1.31 bits per heavy atom. The highest BCUT2D eigenvalue weighted by atomic mass is 19.4. The minimum atomic E-state index is -4.55. The van der Waals surface area contributed by atoms with Crippen LogP contribution >= 0.6 is 0 Å². The van der Waals surface area contributed by atoms with Gasteiger partial charge in [-0.3, -0.25) is 0 Å². The standard InChI is InChI=1S/C16H23F3N4O3/c17-16(18,19)13-9-14(22-15(21-13)23-4-1-2-5-23)20-11-3-7-25-10-12(11)26-8-6-24/h9,11-12,24H,1-8,10H2,(H,20,21,22)/t11-,12-/m1/s1. The van der Waals surface area contributed by atoms with Crippen molar-refractivity contribution in [2.75, 3.05) is 49.7 Å². The van der Waals surface area contributed by atoms with Crippen LogP contribution in [0, 0.1) is 0 Å². The van der Waals surface area contributed by atoms with Gasteiger partial charge in [0.15, 0.2) is 5.69 Å². The molecule has 7 nitrogen and oxygen atoms in total. The van der Waals surface area contributed by atoms with E-state index in [9.17, 15) is 13.2 Å². The molecule has 1 aromatic heterocycles. The number of nitrogens with one attached hydrogen (secondary N) is 1. The van der Waals surface area contributed by atoms with Gasteiger partial charge in [0.2, 0.25) is 5.95 Å². The van der Waals surface area contributed by atoms with Crippen LogP contribution in [-0.4, -0.2) is 66.7 Å². The molecule has 0 amide bonds. The van der Waals surface area contributed by atoms with Gasteiger partial charge in [-0.2, -0.15) is 18.2 Å². The molecular weight excluding hydrogens is 353 g/mol. The number of hydrogen-bond donors (Lipinski definition) is 2. The molecule has 1 aromatic rings. The van der Waals surface area contributed by atoms with Crippen molar-refractivity contribution < 1.29 is 27.8 Å². The molecule has 10 heteroatoms. The van der Waals surface area contributed by atoms with E-state index in [2.05, 4.69) is 15.3 Å². The van der Waals surface area contributed by atoms with Crippen molar-refractivity contribution in [3.8, 4) is 0 Å². The van der Waals surface area contributed by atoms with E-state index in [1.54, 1.807) is 4.90 Å². The quantitative estimate of drug-likeness (QED) is 0.782. The molecule has 0 unspecified atom stereocenters. The van der Waals surface area contributed by atoms with Crippen molar-refractivity contribution in [3.05, 3.63) is 11.8 Å². The van der Waals surface area contributed by atoms with Crippen LogP contribution in [0.15, 0.2) is 6.07 Å². The fourth-order valence-electron chi connectivity index (χ4n) is 3.15. The summed E-state index contributed by atoms with van der Waals surface area (Å²) in [6.45, 7) is 2.11. The number of rotatable bonds is 6. The molecule has 26 heavy (non-hydrogen) atoms. The number of aliphatic hydroxyl groups excluding tert-OH is 1. The van der Waals surface area contributed by atoms with Crippen LogP contribution in [0.25, 0.3) is 0 Å². The molecule has 0 aromatic carbocycles. The van der Waals surface area contributed by atoms with Crippen LogP contribution in [0.2, 0.25) is 0 Å². The maximum atomic E-state index is 13.2. The first-order valence-corrected chi connectivity index (χ1v) is 8.75. The maximum absolute atomic E-state index is 13.2. The fraction of sp³-hybridized carbons (Fsp3) is 0.750. The highest BCUT2D eigenvalue weighted by Crippen LogP contribution is 2.31. The number of anilines is 2. The molecule has 2 fully saturated rings. The molecule has 0 saturated carbocycles. The van der Waals surface area contributed by atoms with E-state index in [1.165, 1.54) is 0 Å². The first-order chi connectivity index (χ1) is 12.5. The predicted molar refractivity (Wildman–Crippen MR) is 88.2 cm³/mol. The summed E-state index contributed by atoms with van der Waals surface area (Å²) in [5.74, 6) is 0.221. The number of ether oxygens (including phenoxy) is 2. The third-order valence-electron chi connectivity index (χ3n) is 4.45. The number of halogens is 3. The van der Waals surface area contributed by atoms with E-state index in [-0.39, 0.29) is 37.1 Å². The zero-order chi connectivity index (χ0) is 18.6. The van der Waals surface area contributed by atoms with E-state index in [0.29, 0.717) is 32.7 Å². The summed E-state index contributed by atoms with van der Waals surface area (Å²) >= 11 is 0. The Labute approximate surface area is 149 Å². The molecule has 2 N–H and O–H groups in total. The highest BCUT2D eigenvalue weighted by Gasteiger charge is 2.35. The molecule has 146 valence electrons. The number of hydrogen-bond acceptors (Lipinski definition) is 7. The van der Waals surface area contributed by atoms with Crippen LogP contribution in [0.4, 0.5) is 24.9 Å². The summed E-state index contributed by atoms with van der Waals surface area (Å²) in [7, 11) is 0. The maximum Gasteiger partial charge on any atom is 0.433 e. The molecule has 0 spiro atoms. The summed E-state index contributed by atoms with van der Waals surface area (Å²) in [6.07, 6.45) is -2.51. The van der Waals surface area contributed by atoms with Gasteiger partial charge < -0.3 is 24.8 Å². The van der Waals surface area contributed by atoms with Gasteiger partial charge in [0.05, 0.1) is 25.9 Å². The molecule has 2 aliphatic heterocycles. The third kappa shape index (κ3) is 4.74. The molecule has 3 rings (SSSR count). The number of aromatic nitrogens is 2. The van der Waals surface area contributed by atoms with Crippen molar-refractivity contribution in [2.24, 2.45) is 0 Å². The third-order valence-corrected chi connectivity index (χ3v) is 4.45. The molecule has 0 aliphatic carbocycles. The second-order valence-corrected chi connectivity index (χ2v) is 6.38. The Morgan fingerprint density at radius 3 is 2.77 bits per heavy atom. The van der Waals surface area contributed by atoms with E-state index in [0.717, 1.165) is 18.9 Å². The summed E-state index contributed by atoms with van der Waals surface area (Å²) in [5, 5.41) is 12.0. The normalized spacial score (nSPS) is 24.1. The van der Waals surface area contributed by atoms with E-state index in [4.69, 9.17) is 14.6 Å². The molecule has 0 bridgehead atoms. The van der Waals surface area contributed by atoms with E-state index in [1.807, 2.05) is 0 Å². The molecular formula is C16H23F3N4O3. The second-order valence-electron chi connectivity index (χ2n) is 6.38. The van der Waals surface area contributed by atoms with Gasteiger partial charge in [0.25, 0.3) is 0 Å². The van der Waals surface area contributed by atoms with Gasteiger partial charge in [-0.05, 0) is 19.3 Å². The topological polar surface area (TPSA) is 79.7 Å². The van der Waals surface area contributed by atoms with Gasteiger partial charge >= 0.3 is 6.18 Å². The number of alkyl halides is 3. The smallest absolute Gasteiger partial charge is 0.394 e. The van der Waals surface area contributed by atoms with Crippen molar-refractivity contribution >= 4 is 11.8 Å². The number of nitrogens with zero attached hydrogens (tertiary/aromatic N) is 3. The first-order valence-electron chi connectivity index (χ1n) is 8.75. The monoisotopic (exact) mass is 376 g/mol. The van der Waals surface area contributed by atoms with Gasteiger partial charge in [-0.1, -0.05) is 0 Å². The van der Waals surface area contributed by atoms with Crippen molar-refractivity contribution in [1.82, 2.24) is 9.97 Å². The van der Waals surface area contributed by atoms with Crippen molar-refractivity contribution in [2.45, 2.75) is 37.6 Å². The lowest BCUT2D eigenvalue weighted by Gasteiger charge is -2.32. The van der Waals surface area contributed by atoms with Crippen LogP contribution in [0.1, 0.15) is 25.0 Å². The van der Waals surface area contributed by atoms with Gasteiger partial charge in [0, 0.05) is 25.8 Å². The Kier molecular flexibility index (Phi) is 6.15. The summed E-state index contributed by atoms with van der Waals surface area (Å²) in [6, 6.07) is 0.677. The lowest BCUT2D eigenvalue weighted by molar-refractivity contribution is -0.141. The van der Waals surface area contributed by atoms with E-state index >= 15 is 0 Å². The Morgan fingerprint density at radius 2 is 2.08 bits per heavy atom. The predicted octanol–water partition coefficient (Wildman–Crippen LogP) is 1.67. The van der Waals surface area contributed by atoms with Gasteiger partial charge in [-0.15, -0.1) is 0 Å². The summed E-state index contributed by atoms with van der Waals surface area (Å²) in [5.41, 5.74) is -0.961. The SMILES string of the molecule is OCCO[C@@H]1COCC[C@H]1Nc1cc(C(F)(F)F)nc(N2CCCC2)n1. The Hall–Kier alpha value is -1.65. The zero-order valence-electron chi connectivity index (χ0n) is 14.3. The first kappa shape index (κ1) is 19.1. The average Bonchev–Trinajstić information content (AvgIpc) is 3.15. The van der Waals surface area contributed by atoms with Crippen LogP contribution in [0.3, 0.4) is 0 Å². The zero-order valence-corrected chi connectivity index (χ0v) is 14.3. The average molecular weight is 376 g/mol. The minimum Gasteiger partial charge on any atom is -0.394 e. The van der Waals surface area contributed by atoms with Crippen LogP contribution in [0.5, 0.6) is 0 Å². The molecule has 0 radical (unpaired) electrons. The molecule has 3 heterocycles. The minimum absolute atomic E-state index is 0.0970. The number of aliphatic hydroxyl groups is 1. The summed E-state index contributed by atoms with van der Waals surface area (Å²) < 4.78 is 50.6. The van der Waals surface area contributed by atoms with Crippen molar-refractivity contribution in [1.29, 1.82) is 0 Å². The fourth-order valence-corrected chi connectivity index (χ4v) is 3.15. The van der Waals surface area contributed by atoms with Crippen LogP contribution in [-0.2, 0) is 15.7 Å². The largest absolute Gasteiger partial charge is 0.433 e. The van der Waals surface area contributed by atoms with Crippen molar-refractivity contribution in [3.63, 3.8) is 0 Å². The summed E-state index contributed by atoms with van der Waals surface area (Å²) in [4.78, 5) is 9.77. The van der Waals surface area contributed by atoms with Gasteiger partial charge in [-0.25, -0.2) is 4.98 Å². The van der Waals surface area contributed by atoms with Crippen LogP contribution < -0.4 is 10.2 Å². The lowest BCUT2D eigenvalue weighted by atomic mass is 10.1. The van der Waals surface area contributed by atoms with E-state index < -0.39 is 11.9 Å². The Bertz CT molecular complexity index is 597. The van der Waals surface area contributed by atoms with Gasteiger partial charge in [0.1, 0.15) is 11.9 Å². The highest BCUT2D eigenvalue weighted by molar-refractivity contribution is 5.46. The second kappa shape index (κ2) is 8.36. The lowest BCUT2D eigenvalue weighted by Crippen LogP contribution is -2.44. The Balaban J connectivity index is 1.81.